The zero-order chi connectivity index (χ0) is 19.8. The van der Waals surface area contributed by atoms with E-state index in [0.717, 1.165) is 19.1 Å². The Hall–Kier alpha value is -1.06. The molecule has 2 N–H and O–H groups in total. The van der Waals surface area contributed by atoms with Gasteiger partial charge in [0.2, 0.25) is 0 Å². The summed E-state index contributed by atoms with van der Waals surface area (Å²) in [5.41, 5.74) is -6.32. The first-order valence-corrected chi connectivity index (χ1v) is 8.58. The third kappa shape index (κ3) is 4.38. The molecular weight excluding hydrogens is 365 g/mol. The van der Waals surface area contributed by atoms with Crippen molar-refractivity contribution < 1.29 is 31.3 Å². The normalized spacial score (nSPS) is 20.4. The molecule has 0 aliphatic heterocycles. The molecule has 1 rings (SSSR count). The third-order valence-electron chi connectivity index (χ3n) is 4.07. The summed E-state index contributed by atoms with van der Waals surface area (Å²) in [6.07, 6.45) is -8.71. The second-order valence-electron chi connectivity index (χ2n) is 7.11. The van der Waals surface area contributed by atoms with Crippen LogP contribution in [-0.4, -0.2) is 32.0 Å². The molecular formula is C16H22F5NO2S. The predicted molar refractivity (Wildman–Crippen MR) is 86.4 cm³/mol. The monoisotopic (exact) mass is 387 g/mol. The number of halogens is 5. The van der Waals surface area contributed by atoms with E-state index in [0.29, 0.717) is 6.92 Å². The van der Waals surface area contributed by atoms with Gasteiger partial charge in [0, 0.05) is 5.56 Å². The number of alkyl halides is 4. The Labute approximate surface area is 146 Å². The Morgan fingerprint density at radius 3 is 1.92 bits per heavy atom. The fraction of sp³-hybridized carbons (Fsp3) is 0.625. The first kappa shape index (κ1) is 22.0. The summed E-state index contributed by atoms with van der Waals surface area (Å²) >= 11 is 0. The zero-order valence-electron chi connectivity index (χ0n) is 14.5. The average Bonchev–Trinajstić information content (AvgIpc) is 2.44. The van der Waals surface area contributed by atoms with Crippen molar-refractivity contribution in [2.45, 2.75) is 62.9 Å². The first-order chi connectivity index (χ1) is 11.0. The summed E-state index contributed by atoms with van der Waals surface area (Å²) in [5, 5.41) is 9.56. The minimum Gasteiger partial charge on any atom is -0.381 e. The third-order valence-corrected chi connectivity index (χ3v) is 5.77. The smallest absolute Gasteiger partial charge is 0.381 e. The molecule has 144 valence electrons. The lowest BCUT2D eigenvalue weighted by Crippen LogP contribution is -2.65. The largest absolute Gasteiger partial charge is 0.417 e. The summed E-state index contributed by atoms with van der Waals surface area (Å²) in [7, 11) is -2.04. The molecule has 3 nitrogen and oxygen atoms in total. The van der Waals surface area contributed by atoms with Crippen LogP contribution >= 0.6 is 0 Å². The van der Waals surface area contributed by atoms with E-state index in [2.05, 4.69) is 4.72 Å². The van der Waals surface area contributed by atoms with Gasteiger partial charge in [-0.3, -0.25) is 0 Å². The SMILES string of the molecule is CC(C)(C)S(=O)N[C@](C)(c1ccccc1F)[C@@](C)(F)[C@H](O)C(F)(F)F. The summed E-state index contributed by atoms with van der Waals surface area (Å²) in [6, 6.07) is 4.64. The molecule has 0 saturated carbocycles. The highest BCUT2D eigenvalue weighted by Crippen LogP contribution is 2.44. The highest BCUT2D eigenvalue weighted by Gasteiger charge is 2.61. The standard InChI is InChI=1S/C16H22F5NO2S/c1-13(2,3)25(24)22-15(5,10-8-6-7-9-11(10)17)14(4,18)12(23)16(19,20)21/h6-9,12,22-23H,1-5H3/t12-,14-,15+,25?/m0/s1. The zero-order valence-corrected chi connectivity index (χ0v) is 15.4. The molecule has 0 fully saturated rings. The van der Waals surface area contributed by atoms with Crippen molar-refractivity contribution in [2.24, 2.45) is 0 Å². The van der Waals surface area contributed by atoms with Crippen molar-refractivity contribution >= 4 is 11.0 Å². The molecule has 1 unspecified atom stereocenters. The topological polar surface area (TPSA) is 49.3 Å². The van der Waals surface area contributed by atoms with Crippen LogP contribution < -0.4 is 4.72 Å². The molecule has 0 heterocycles. The van der Waals surface area contributed by atoms with Crippen LogP contribution in [0.4, 0.5) is 22.0 Å². The number of benzene rings is 1. The van der Waals surface area contributed by atoms with Crippen molar-refractivity contribution in [3.8, 4) is 0 Å². The van der Waals surface area contributed by atoms with Crippen molar-refractivity contribution in [1.82, 2.24) is 4.72 Å². The van der Waals surface area contributed by atoms with Gasteiger partial charge in [0.25, 0.3) is 0 Å². The van der Waals surface area contributed by atoms with E-state index < -0.39 is 50.6 Å². The van der Waals surface area contributed by atoms with E-state index >= 15 is 4.39 Å². The van der Waals surface area contributed by atoms with Crippen molar-refractivity contribution in [2.75, 3.05) is 0 Å². The van der Waals surface area contributed by atoms with Crippen molar-refractivity contribution in [3.63, 3.8) is 0 Å². The summed E-state index contributed by atoms with van der Waals surface area (Å²) < 4.78 is 82.2. The van der Waals surface area contributed by atoms with Crippen molar-refractivity contribution in [1.29, 1.82) is 0 Å². The van der Waals surface area contributed by atoms with Gasteiger partial charge in [-0.05, 0) is 40.7 Å². The molecule has 4 atom stereocenters. The molecule has 9 heteroatoms. The molecule has 0 aromatic heterocycles. The molecule has 0 spiro atoms. The summed E-state index contributed by atoms with van der Waals surface area (Å²) in [6.45, 7) is 6.02. The fourth-order valence-electron chi connectivity index (χ4n) is 2.20. The van der Waals surface area contributed by atoms with Crippen LogP contribution in [0, 0.1) is 5.82 Å². The van der Waals surface area contributed by atoms with Gasteiger partial charge >= 0.3 is 6.18 Å². The van der Waals surface area contributed by atoms with E-state index in [1.54, 1.807) is 0 Å². The molecule has 1 aromatic carbocycles. The van der Waals surface area contributed by atoms with Crippen LogP contribution in [0.2, 0.25) is 0 Å². The lowest BCUT2D eigenvalue weighted by atomic mass is 9.75. The minimum atomic E-state index is -5.29. The lowest BCUT2D eigenvalue weighted by Gasteiger charge is -2.45. The van der Waals surface area contributed by atoms with E-state index in [4.69, 9.17) is 0 Å². The number of hydrogen-bond acceptors (Lipinski definition) is 2. The van der Waals surface area contributed by atoms with Crippen LogP contribution in [-0.2, 0) is 16.5 Å². The second kappa shape index (κ2) is 6.92. The molecule has 0 aliphatic carbocycles. The Bertz CT molecular complexity index is 642. The Morgan fingerprint density at radius 1 is 1.04 bits per heavy atom. The van der Waals surface area contributed by atoms with E-state index in [-0.39, 0.29) is 0 Å². The maximum Gasteiger partial charge on any atom is 0.417 e. The van der Waals surface area contributed by atoms with Crippen LogP contribution in [0.1, 0.15) is 40.2 Å². The number of rotatable bonds is 5. The highest BCUT2D eigenvalue weighted by molar-refractivity contribution is 7.84. The van der Waals surface area contributed by atoms with Crippen LogP contribution in [0.25, 0.3) is 0 Å². The number of hydrogen-bond donors (Lipinski definition) is 2. The Kier molecular flexibility index (Phi) is 6.09. The van der Waals surface area contributed by atoms with Crippen LogP contribution in [0.3, 0.4) is 0 Å². The van der Waals surface area contributed by atoms with Crippen LogP contribution in [0.15, 0.2) is 24.3 Å². The average molecular weight is 387 g/mol. The lowest BCUT2D eigenvalue weighted by molar-refractivity contribution is -0.251. The van der Waals surface area contributed by atoms with Gasteiger partial charge in [-0.25, -0.2) is 17.7 Å². The number of aliphatic hydroxyl groups excluding tert-OH is 1. The van der Waals surface area contributed by atoms with Gasteiger partial charge in [-0.1, -0.05) is 18.2 Å². The van der Waals surface area contributed by atoms with E-state index in [1.165, 1.54) is 32.9 Å². The maximum atomic E-state index is 15.3. The van der Waals surface area contributed by atoms with Gasteiger partial charge in [-0.2, -0.15) is 13.2 Å². The second-order valence-corrected chi connectivity index (χ2v) is 9.07. The quantitative estimate of drug-likeness (QED) is 0.756. The number of nitrogens with one attached hydrogen (secondary N) is 1. The van der Waals surface area contributed by atoms with E-state index in [1.807, 2.05) is 0 Å². The van der Waals surface area contributed by atoms with Gasteiger partial charge in [0.1, 0.15) is 5.82 Å². The predicted octanol–water partition coefficient (Wildman–Crippen LogP) is 3.74. The molecule has 25 heavy (non-hydrogen) atoms. The highest BCUT2D eigenvalue weighted by atomic mass is 32.2. The fourth-order valence-corrected chi connectivity index (χ4v) is 3.19. The van der Waals surface area contributed by atoms with E-state index in [9.17, 15) is 26.9 Å². The van der Waals surface area contributed by atoms with Gasteiger partial charge in [-0.15, -0.1) is 0 Å². The first-order valence-electron chi connectivity index (χ1n) is 7.43. The van der Waals surface area contributed by atoms with Gasteiger partial charge < -0.3 is 5.11 Å². The van der Waals surface area contributed by atoms with Gasteiger partial charge in [0.15, 0.2) is 11.8 Å². The Balaban J connectivity index is 3.59. The molecule has 0 radical (unpaired) electrons. The summed E-state index contributed by atoms with van der Waals surface area (Å²) in [5.74, 6) is -0.985. The molecule has 0 bridgehead atoms. The maximum absolute atomic E-state index is 15.3. The molecule has 1 aromatic rings. The number of aliphatic hydroxyl groups is 1. The van der Waals surface area contributed by atoms with Gasteiger partial charge in [0.05, 0.1) is 21.3 Å². The Morgan fingerprint density at radius 2 is 1.52 bits per heavy atom. The molecule has 0 saturated heterocycles. The molecule has 0 aliphatic rings. The van der Waals surface area contributed by atoms with Crippen LogP contribution in [0.5, 0.6) is 0 Å². The molecule has 0 amide bonds. The minimum absolute atomic E-state index is 0.471. The summed E-state index contributed by atoms with van der Waals surface area (Å²) in [4.78, 5) is 0. The van der Waals surface area contributed by atoms with Crippen molar-refractivity contribution in [3.05, 3.63) is 35.6 Å².